The number of methoxy groups -OCH3 is 1. The van der Waals surface area contributed by atoms with Gasteiger partial charge in [-0.2, -0.15) is 0 Å². The Kier molecular flexibility index (Phi) is 7.92. The molecule has 3 aliphatic rings. The van der Waals surface area contributed by atoms with Gasteiger partial charge in [0, 0.05) is 24.5 Å². The molecule has 1 saturated carbocycles. The lowest BCUT2D eigenvalue weighted by Crippen LogP contribution is -2.59. The van der Waals surface area contributed by atoms with Crippen LogP contribution >= 0.6 is 0 Å². The van der Waals surface area contributed by atoms with Gasteiger partial charge in [0.2, 0.25) is 0 Å². The average molecular weight is 494 g/mol. The number of benzene rings is 2. The molecule has 2 heterocycles. The van der Waals surface area contributed by atoms with Crippen molar-refractivity contribution in [1.82, 2.24) is 15.1 Å². The number of piperidine rings is 1. The molecule has 2 saturated heterocycles. The van der Waals surface area contributed by atoms with E-state index in [9.17, 15) is 9.18 Å². The van der Waals surface area contributed by atoms with Crippen LogP contribution in [0.3, 0.4) is 0 Å². The number of carbonyl (C=O) groups is 1. The van der Waals surface area contributed by atoms with E-state index in [1.807, 2.05) is 6.07 Å². The molecular weight excluding hydrogens is 453 g/mol. The van der Waals surface area contributed by atoms with Crippen molar-refractivity contribution in [1.29, 1.82) is 0 Å². The van der Waals surface area contributed by atoms with Crippen LogP contribution in [0.5, 0.6) is 0 Å². The number of nitrogens with zero attached hydrogens (tertiary/aromatic N) is 2. The summed E-state index contributed by atoms with van der Waals surface area (Å²) >= 11 is 0. The monoisotopic (exact) mass is 493 g/mol. The minimum Gasteiger partial charge on any atom is -0.453 e. The maximum atomic E-state index is 14.7. The van der Waals surface area contributed by atoms with Crippen molar-refractivity contribution in [3.63, 3.8) is 0 Å². The van der Waals surface area contributed by atoms with Gasteiger partial charge < -0.3 is 15.0 Å². The second kappa shape index (κ2) is 11.3. The Labute approximate surface area is 215 Å². The molecule has 1 N–H and O–H groups in total. The lowest BCUT2D eigenvalue weighted by Gasteiger charge is -2.53. The van der Waals surface area contributed by atoms with E-state index in [0.717, 1.165) is 76.9 Å². The molecule has 0 aromatic heterocycles. The molecule has 0 bridgehead atoms. The van der Waals surface area contributed by atoms with Crippen LogP contribution in [0.15, 0.2) is 54.6 Å². The first-order valence-electron chi connectivity index (χ1n) is 13.7. The maximum absolute atomic E-state index is 14.7. The van der Waals surface area contributed by atoms with E-state index in [2.05, 4.69) is 51.5 Å². The van der Waals surface area contributed by atoms with Gasteiger partial charge in [0.1, 0.15) is 5.82 Å². The van der Waals surface area contributed by atoms with Crippen molar-refractivity contribution in [2.24, 2.45) is 11.8 Å². The summed E-state index contributed by atoms with van der Waals surface area (Å²) in [7, 11) is 1.43. The highest BCUT2D eigenvalue weighted by Gasteiger charge is 2.53. The van der Waals surface area contributed by atoms with Crippen LogP contribution in [0.2, 0.25) is 0 Å². The van der Waals surface area contributed by atoms with E-state index in [-0.39, 0.29) is 29.3 Å². The largest absolute Gasteiger partial charge is 0.453 e. The molecule has 0 spiro atoms. The van der Waals surface area contributed by atoms with Gasteiger partial charge in [0.25, 0.3) is 0 Å². The van der Waals surface area contributed by atoms with E-state index in [4.69, 9.17) is 4.74 Å². The zero-order valence-electron chi connectivity index (χ0n) is 21.5. The van der Waals surface area contributed by atoms with Crippen LogP contribution in [0, 0.1) is 17.7 Å². The Morgan fingerprint density at radius 2 is 1.75 bits per heavy atom. The molecule has 2 aromatic rings. The molecule has 194 valence electrons. The van der Waals surface area contributed by atoms with E-state index in [1.165, 1.54) is 19.1 Å². The molecule has 36 heavy (non-hydrogen) atoms. The molecule has 1 aliphatic carbocycles. The summed E-state index contributed by atoms with van der Waals surface area (Å²) in [5.74, 6) is 0.513. The van der Waals surface area contributed by atoms with E-state index < -0.39 is 0 Å². The summed E-state index contributed by atoms with van der Waals surface area (Å²) in [6.07, 6.45) is 6.10. The van der Waals surface area contributed by atoms with Crippen molar-refractivity contribution in [3.8, 4) is 0 Å². The number of hydrogen-bond donors (Lipinski definition) is 1. The first-order valence-corrected chi connectivity index (χ1v) is 13.7. The summed E-state index contributed by atoms with van der Waals surface area (Å²) in [4.78, 5) is 17.4. The number of ether oxygens (including phenoxy) is 1. The fraction of sp³-hybridized carbons (Fsp3) is 0.567. The molecular formula is C30H40FN3O2. The third-order valence-corrected chi connectivity index (χ3v) is 9.03. The molecule has 0 radical (unpaired) electrons. The number of amides is 1. The number of carbonyl (C=O) groups excluding carboxylic acids is 1. The standard InChI is InChI=1S/C30H40FN3O2/c1-36-29(35)32-28-13-6-12-27(28)30(22-34-16-7-17-34,25-10-5-11-26(31)20-25)24-14-18-33(19-15-24)21-23-8-3-2-4-9-23/h2-5,8-11,20,24,27-28H,6-7,12-19,21-22H2,1H3,(H,32,35)/t27-,28-,30-/m0/s1. The number of halogens is 1. The highest BCUT2D eigenvalue weighted by molar-refractivity contribution is 5.67. The molecule has 2 aliphatic heterocycles. The second-order valence-electron chi connectivity index (χ2n) is 11.0. The summed E-state index contributed by atoms with van der Waals surface area (Å²) in [5.41, 5.74) is 2.26. The predicted octanol–water partition coefficient (Wildman–Crippen LogP) is 5.21. The quantitative estimate of drug-likeness (QED) is 0.549. The Balaban J connectivity index is 1.46. The van der Waals surface area contributed by atoms with Crippen LogP contribution in [-0.4, -0.2) is 61.8 Å². The lowest BCUT2D eigenvalue weighted by molar-refractivity contribution is 0.0242. The van der Waals surface area contributed by atoms with Crippen LogP contribution < -0.4 is 5.32 Å². The number of nitrogens with one attached hydrogen (secondary N) is 1. The third-order valence-electron chi connectivity index (χ3n) is 9.03. The van der Waals surface area contributed by atoms with Gasteiger partial charge in [-0.3, -0.25) is 4.90 Å². The van der Waals surface area contributed by atoms with Crippen LogP contribution in [0.1, 0.15) is 49.7 Å². The van der Waals surface area contributed by atoms with Gasteiger partial charge in [0.15, 0.2) is 0 Å². The minimum absolute atomic E-state index is 0.0457. The Morgan fingerprint density at radius 1 is 0.972 bits per heavy atom. The first-order chi connectivity index (χ1) is 17.6. The average Bonchev–Trinajstić information content (AvgIpc) is 3.33. The van der Waals surface area contributed by atoms with Gasteiger partial charge in [-0.15, -0.1) is 0 Å². The molecule has 5 nitrogen and oxygen atoms in total. The Hall–Kier alpha value is -2.44. The van der Waals surface area contributed by atoms with Crippen LogP contribution in [0.4, 0.5) is 9.18 Å². The molecule has 1 amide bonds. The fourth-order valence-corrected chi connectivity index (χ4v) is 7.19. The first kappa shape index (κ1) is 25.2. The van der Waals surface area contributed by atoms with Crippen LogP contribution in [-0.2, 0) is 16.7 Å². The van der Waals surface area contributed by atoms with E-state index >= 15 is 0 Å². The van der Waals surface area contributed by atoms with Crippen molar-refractivity contribution < 1.29 is 13.9 Å². The number of hydrogen-bond acceptors (Lipinski definition) is 4. The topological polar surface area (TPSA) is 44.8 Å². The maximum Gasteiger partial charge on any atom is 0.407 e. The summed E-state index contributed by atoms with van der Waals surface area (Å²) in [6.45, 7) is 6.20. The van der Waals surface area contributed by atoms with Gasteiger partial charge in [-0.25, -0.2) is 9.18 Å². The van der Waals surface area contributed by atoms with E-state index in [1.54, 1.807) is 12.1 Å². The smallest absolute Gasteiger partial charge is 0.407 e. The van der Waals surface area contributed by atoms with Gasteiger partial charge in [-0.1, -0.05) is 48.9 Å². The van der Waals surface area contributed by atoms with Crippen molar-refractivity contribution in [3.05, 3.63) is 71.5 Å². The summed E-state index contributed by atoms with van der Waals surface area (Å²) in [5, 5.41) is 3.17. The van der Waals surface area contributed by atoms with Crippen LogP contribution in [0.25, 0.3) is 0 Å². The lowest BCUT2D eigenvalue weighted by atomic mass is 9.57. The Morgan fingerprint density at radius 3 is 2.42 bits per heavy atom. The van der Waals surface area contributed by atoms with Crippen molar-refractivity contribution in [2.45, 2.75) is 56.5 Å². The molecule has 0 unspecified atom stereocenters. The molecule has 5 rings (SSSR count). The van der Waals surface area contributed by atoms with Gasteiger partial charge >= 0.3 is 6.09 Å². The molecule has 6 heteroatoms. The summed E-state index contributed by atoms with van der Waals surface area (Å²) in [6, 6.07) is 18.1. The zero-order valence-corrected chi connectivity index (χ0v) is 21.5. The number of alkyl carbamates (subject to hydrolysis) is 1. The van der Waals surface area contributed by atoms with E-state index in [0.29, 0.717) is 5.92 Å². The highest BCUT2D eigenvalue weighted by Crippen LogP contribution is 2.51. The van der Waals surface area contributed by atoms with Crippen molar-refractivity contribution >= 4 is 6.09 Å². The summed E-state index contributed by atoms with van der Waals surface area (Å²) < 4.78 is 19.7. The predicted molar refractivity (Wildman–Crippen MR) is 140 cm³/mol. The van der Waals surface area contributed by atoms with Crippen molar-refractivity contribution in [2.75, 3.05) is 39.8 Å². The minimum atomic E-state index is -0.360. The van der Waals surface area contributed by atoms with Gasteiger partial charge in [0.05, 0.1) is 7.11 Å². The third kappa shape index (κ3) is 5.30. The number of rotatable bonds is 8. The number of likely N-dealkylation sites (tertiary alicyclic amines) is 2. The highest BCUT2D eigenvalue weighted by atomic mass is 19.1. The molecule has 3 fully saturated rings. The molecule has 3 atom stereocenters. The fourth-order valence-electron chi connectivity index (χ4n) is 7.19. The normalized spacial score (nSPS) is 25.2. The Bertz CT molecular complexity index is 1010. The second-order valence-corrected chi connectivity index (χ2v) is 11.0. The molecule has 2 aromatic carbocycles. The zero-order chi connectivity index (χ0) is 25.0. The van der Waals surface area contributed by atoms with Gasteiger partial charge in [-0.05, 0) is 93.4 Å². The SMILES string of the molecule is COC(=O)N[C@H]1CCC[C@@H]1[C@](CN1CCC1)(c1cccc(F)c1)C1CCN(Cc2ccccc2)CC1.